The summed E-state index contributed by atoms with van der Waals surface area (Å²) in [6.07, 6.45) is 5.16. The van der Waals surface area contributed by atoms with Gasteiger partial charge in [0.2, 0.25) is 0 Å². The first kappa shape index (κ1) is 10.8. The van der Waals surface area contributed by atoms with Crippen LogP contribution in [0, 0.1) is 6.92 Å². The van der Waals surface area contributed by atoms with Crippen LogP contribution in [0.15, 0.2) is 22.7 Å². The van der Waals surface area contributed by atoms with Gasteiger partial charge in [0.15, 0.2) is 0 Å². The molecule has 1 aromatic rings. The first-order valence-electron chi connectivity index (χ1n) is 4.99. The van der Waals surface area contributed by atoms with Gasteiger partial charge in [-0.05, 0) is 37.0 Å². The van der Waals surface area contributed by atoms with E-state index in [0.29, 0.717) is 0 Å². The number of hydrogen-bond donors (Lipinski definition) is 0. The zero-order chi connectivity index (χ0) is 9.68. The van der Waals surface area contributed by atoms with Crippen LogP contribution in [0.2, 0.25) is 0 Å². The van der Waals surface area contributed by atoms with Crippen LogP contribution >= 0.6 is 15.9 Å². The molecule has 0 nitrogen and oxygen atoms in total. The van der Waals surface area contributed by atoms with Crippen LogP contribution in [0.25, 0.3) is 0 Å². The standard InChI is InChI=1S/C12H17Br/c1-3-4-5-6-11-8-7-10(2)12(13)9-11/h7-9H,3-6H2,1-2H3. The number of rotatable bonds is 4. The van der Waals surface area contributed by atoms with E-state index in [2.05, 4.69) is 48.0 Å². The first-order chi connectivity index (χ1) is 6.24. The Morgan fingerprint density at radius 2 is 2.00 bits per heavy atom. The predicted octanol–water partition coefficient (Wildman–Crippen LogP) is 4.49. The lowest BCUT2D eigenvalue weighted by Gasteiger charge is -2.03. The van der Waals surface area contributed by atoms with Crippen molar-refractivity contribution in [1.82, 2.24) is 0 Å². The van der Waals surface area contributed by atoms with Crippen molar-refractivity contribution in [3.63, 3.8) is 0 Å². The Morgan fingerprint density at radius 1 is 1.23 bits per heavy atom. The second-order valence-electron chi connectivity index (χ2n) is 3.54. The van der Waals surface area contributed by atoms with Crippen LogP contribution in [0.1, 0.15) is 37.3 Å². The fourth-order valence-electron chi connectivity index (χ4n) is 1.37. The van der Waals surface area contributed by atoms with E-state index in [9.17, 15) is 0 Å². The van der Waals surface area contributed by atoms with E-state index in [1.807, 2.05) is 0 Å². The Hall–Kier alpha value is -0.300. The van der Waals surface area contributed by atoms with E-state index in [-0.39, 0.29) is 0 Å². The van der Waals surface area contributed by atoms with Crippen molar-refractivity contribution in [3.8, 4) is 0 Å². The lowest BCUT2D eigenvalue weighted by atomic mass is 10.1. The van der Waals surface area contributed by atoms with Crippen molar-refractivity contribution < 1.29 is 0 Å². The van der Waals surface area contributed by atoms with E-state index < -0.39 is 0 Å². The molecule has 13 heavy (non-hydrogen) atoms. The van der Waals surface area contributed by atoms with Gasteiger partial charge in [-0.1, -0.05) is 47.8 Å². The largest absolute Gasteiger partial charge is 0.0654 e. The van der Waals surface area contributed by atoms with Crippen molar-refractivity contribution in [2.24, 2.45) is 0 Å². The zero-order valence-electron chi connectivity index (χ0n) is 8.44. The molecular formula is C12H17Br. The molecule has 0 N–H and O–H groups in total. The second-order valence-corrected chi connectivity index (χ2v) is 4.39. The summed E-state index contributed by atoms with van der Waals surface area (Å²) in [6.45, 7) is 4.37. The fraction of sp³-hybridized carbons (Fsp3) is 0.500. The maximum atomic E-state index is 3.56. The van der Waals surface area contributed by atoms with Gasteiger partial charge in [0.25, 0.3) is 0 Å². The number of unbranched alkanes of at least 4 members (excludes halogenated alkanes) is 2. The van der Waals surface area contributed by atoms with Crippen molar-refractivity contribution >= 4 is 15.9 Å². The first-order valence-corrected chi connectivity index (χ1v) is 5.78. The number of aryl methyl sites for hydroxylation is 2. The molecule has 0 spiro atoms. The van der Waals surface area contributed by atoms with Gasteiger partial charge in [0, 0.05) is 4.47 Å². The third-order valence-electron chi connectivity index (χ3n) is 2.31. The molecule has 0 aliphatic rings. The van der Waals surface area contributed by atoms with Crippen molar-refractivity contribution in [1.29, 1.82) is 0 Å². The average molecular weight is 241 g/mol. The molecule has 0 bridgehead atoms. The Bertz CT molecular complexity index is 266. The van der Waals surface area contributed by atoms with E-state index in [1.54, 1.807) is 0 Å². The van der Waals surface area contributed by atoms with Crippen LogP contribution in [-0.4, -0.2) is 0 Å². The van der Waals surface area contributed by atoms with Crippen molar-refractivity contribution in [3.05, 3.63) is 33.8 Å². The van der Waals surface area contributed by atoms with Gasteiger partial charge in [0.1, 0.15) is 0 Å². The van der Waals surface area contributed by atoms with Crippen LogP contribution in [0.4, 0.5) is 0 Å². The number of hydrogen-bond acceptors (Lipinski definition) is 0. The molecule has 1 heteroatoms. The van der Waals surface area contributed by atoms with Crippen LogP contribution in [-0.2, 0) is 6.42 Å². The Morgan fingerprint density at radius 3 is 2.62 bits per heavy atom. The monoisotopic (exact) mass is 240 g/mol. The molecular weight excluding hydrogens is 224 g/mol. The zero-order valence-corrected chi connectivity index (χ0v) is 10.0. The summed E-state index contributed by atoms with van der Waals surface area (Å²) in [7, 11) is 0. The summed E-state index contributed by atoms with van der Waals surface area (Å²) in [6, 6.07) is 6.66. The highest BCUT2D eigenvalue weighted by molar-refractivity contribution is 9.10. The molecule has 1 rings (SSSR count). The molecule has 0 heterocycles. The molecule has 1 aromatic carbocycles. The van der Waals surface area contributed by atoms with Crippen LogP contribution < -0.4 is 0 Å². The predicted molar refractivity (Wildman–Crippen MR) is 62.1 cm³/mol. The summed E-state index contributed by atoms with van der Waals surface area (Å²) in [5, 5.41) is 0. The molecule has 0 amide bonds. The number of benzene rings is 1. The molecule has 72 valence electrons. The number of halogens is 1. The molecule has 0 radical (unpaired) electrons. The van der Waals surface area contributed by atoms with Gasteiger partial charge >= 0.3 is 0 Å². The normalized spacial score (nSPS) is 10.4. The highest BCUT2D eigenvalue weighted by Gasteiger charge is 1.96. The lowest BCUT2D eigenvalue weighted by molar-refractivity contribution is 0.717. The molecule has 0 saturated heterocycles. The van der Waals surface area contributed by atoms with Gasteiger partial charge in [-0.15, -0.1) is 0 Å². The smallest absolute Gasteiger partial charge is 0.0207 e. The minimum atomic E-state index is 1.21. The molecule has 0 aliphatic heterocycles. The highest BCUT2D eigenvalue weighted by atomic mass is 79.9. The summed E-state index contributed by atoms with van der Waals surface area (Å²) in [4.78, 5) is 0. The molecule has 0 fully saturated rings. The summed E-state index contributed by atoms with van der Waals surface area (Å²) in [5.41, 5.74) is 2.77. The van der Waals surface area contributed by atoms with Crippen LogP contribution in [0.5, 0.6) is 0 Å². The molecule has 0 saturated carbocycles. The third kappa shape index (κ3) is 3.51. The maximum Gasteiger partial charge on any atom is 0.0207 e. The van der Waals surface area contributed by atoms with E-state index in [0.717, 1.165) is 0 Å². The average Bonchev–Trinajstić information content (AvgIpc) is 2.12. The van der Waals surface area contributed by atoms with Gasteiger partial charge in [-0.3, -0.25) is 0 Å². The fourth-order valence-corrected chi connectivity index (χ4v) is 1.80. The highest BCUT2D eigenvalue weighted by Crippen LogP contribution is 2.18. The Labute approximate surface area is 89.5 Å². The van der Waals surface area contributed by atoms with E-state index in [4.69, 9.17) is 0 Å². The van der Waals surface area contributed by atoms with Gasteiger partial charge in [-0.2, -0.15) is 0 Å². The quantitative estimate of drug-likeness (QED) is 0.681. The van der Waals surface area contributed by atoms with Crippen molar-refractivity contribution in [2.45, 2.75) is 39.5 Å². The second kappa shape index (κ2) is 5.43. The van der Waals surface area contributed by atoms with E-state index in [1.165, 1.54) is 41.3 Å². The van der Waals surface area contributed by atoms with Gasteiger partial charge in [-0.25, -0.2) is 0 Å². The lowest BCUT2D eigenvalue weighted by Crippen LogP contribution is -1.86. The van der Waals surface area contributed by atoms with Crippen molar-refractivity contribution in [2.75, 3.05) is 0 Å². The maximum absolute atomic E-state index is 3.56. The molecule has 0 unspecified atom stereocenters. The van der Waals surface area contributed by atoms with Crippen LogP contribution in [0.3, 0.4) is 0 Å². The minimum absolute atomic E-state index is 1.21. The molecule has 0 aliphatic carbocycles. The van der Waals surface area contributed by atoms with Gasteiger partial charge in [0.05, 0.1) is 0 Å². The topological polar surface area (TPSA) is 0 Å². The summed E-state index contributed by atoms with van der Waals surface area (Å²) in [5.74, 6) is 0. The van der Waals surface area contributed by atoms with E-state index >= 15 is 0 Å². The SMILES string of the molecule is CCCCCc1ccc(C)c(Br)c1. The third-order valence-corrected chi connectivity index (χ3v) is 3.16. The Kier molecular flexibility index (Phi) is 4.51. The Balaban J connectivity index is 2.53. The minimum Gasteiger partial charge on any atom is -0.0654 e. The van der Waals surface area contributed by atoms with Gasteiger partial charge < -0.3 is 0 Å². The summed E-state index contributed by atoms with van der Waals surface area (Å²) >= 11 is 3.56. The molecule has 0 aromatic heterocycles. The molecule has 0 atom stereocenters. The summed E-state index contributed by atoms with van der Waals surface area (Å²) < 4.78 is 1.24.